The fourth-order valence-corrected chi connectivity index (χ4v) is 2.93. The Kier molecular flexibility index (Phi) is 4.74. The number of para-hydroxylation sites is 1. The molecule has 27 heavy (non-hydrogen) atoms. The summed E-state index contributed by atoms with van der Waals surface area (Å²) in [5, 5.41) is 11.3. The first kappa shape index (κ1) is 16.7. The van der Waals surface area contributed by atoms with Gasteiger partial charge in [-0.3, -0.25) is 4.99 Å². The molecule has 4 aromatic rings. The molecule has 0 amide bonds. The quantitative estimate of drug-likeness (QED) is 0.514. The zero-order chi connectivity index (χ0) is 18.5. The van der Waals surface area contributed by atoms with Crippen LogP contribution in [0.2, 0.25) is 0 Å². The second-order valence-electron chi connectivity index (χ2n) is 5.93. The van der Waals surface area contributed by atoms with Crippen molar-refractivity contribution in [1.82, 2.24) is 15.4 Å². The summed E-state index contributed by atoms with van der Waals surface area (Å²) in [5.74, 6) is 1.52. The van der Waals surface area contributed by atoms with Gasteiger partial charge in [0.2, 0.25) is 0 Å². The molecule has 0 aliphatic rings. The fraction of sp³-hybridized carbons (Fsp3) is 0.0455. The van der Waals surface area contributed by atoms with Gasteiger partial charge in [-0.2, -0.15) is 15.4 Å². The maximum atomic E-state index is 6.02. The third-order valence-electron chi connectivity index (χ3n) is 4.14. The first-order valence-electron chi connectivity index (χ1n) is 8.61. The molecule has 0 spiro atoms. The van der Waals surface area contributed by atoms with Gasteiger partial charge in [-0.15, -0.1) is 0 Å². The summed E-state index contributed by atoms with van der Waals surface area (Å²) in [4.78, 5) is 4.08. The Labute approximate surface area is 157 Å². The Bertz CT molecular complexity index is 1060. The number of hydrogen-bond acceptors (Lipinski definition) is 4. The molecule has 0 aliphatic heterocycles. The Balaban J connectivity index is 1.84. The third kappa shape index (κ3) is 3.62. The van der Waals surface area contributed by atoms with Crippen molar-refractivity contribution in [2.24, 2.45) is 4.99 Å². The van der Waals surface area contributed by atoms with Crippen molar-refractivity contribution in [1.29, 1.82) is 0 Å². The van der Waals surface area contributed by atoms with Crippen molar-refractivity contribution in [3.8, 4) is 33.9 Å². The molecule has 132 valence electrons. The van der Waals surface area contributed by atoms with Crippen LogP contribution >= 0.6 is 0 Å². The predicted octanol–water partition coefficient (Wildman–Crippen LogP) is 4.98. The van der Waals surface area contributed by atoms with E-state index in [-0.39, 0.29) is 0 Å². The van der Waals surface area contributed by atoms with Gasteiger partial charge >= 0.3 is 0 Å². The highest BCUT2D eigenvalue weighted by atomic mass is 16.5. The summed E-state index contributed by atoms with van der Waals surface area (Å²) in [6, 6.07) is 25.9. The fourth-order valence-electron chi connectivity index (χ4n) is 2.93. The minimum atomic E-state index is 0.687. The Morgan fingerprint density at radius 3 is 2.30 bits per heavy atom. The van der Waals surface area contributed by atoms with Crippen molar-refractivity contribution in [3.63, 3.8) is 0 Å². The molecule has 0 fully saturated rings. The molecule has 5 heteroatoms. The number of hydrogen-bond donors (Lipinski definition) is 1. The average molecular weight is 354 g/mol. The molecule has 5 nitrogen and oxygen atoms in total. The zero-order valence-corrected chi connectivity index (χ0v) is 14.8. The molecule has 0 unspecified atom stereocenters. The number of rotatable bonds is 5. The molecule has 3 aromatic carbocycles. The van der Waals surface area contributed by atoms with Crippen LogP contribution in [0.25, 0.3) is 22.4 Å². The van der Waals surface area contributed by atoms with E-state index in [2.05, 4.69) is 32.5 Å². The number of benzene rings is 3. The largest absolute Gasteiger partial charge is 0.457 e. The summed E-state index contributed by atoms with van der Waals surface area (Å²) in [7, 11) is 1.71. The summed E-state index contributed by atoms with van der Waals surface area (Å²) < 4.78 is 6.02. The summed E-state index contributed by atoms with van der Waals surface area (Å²) in [6.45, 7) is 0. The lowest BCUT2D eigenvalue weighted by Gasteiger charge is -2.12. The first-order valence-corrected chi connectivity index (χ1v) is 8.61. The molecule has 1 heterocycles. The van der Waals surface area contributed by atoms with E-state index >= 15 is 0 Å². The van der Waals surface area contributed by atoms with Crippen LogP contribution in [-0.2, 0) is 0 Å². The first-order chi connectivity index (χ1) is 13.3. The molecule has 4 rings (SSSR count). The van der Waals surface area contributed by atoms with E-state index in [0.29, 0.717) is 5.69 Å². The summed E-state index contributed by atoms with van der Waals surface area (Å²) >= 11 is 0. The maximum absolute atomic E-state index is 6.02. The summed E-state index contributed by atoms with van der Waals surface area (Å²) in [5.41, 5.74) is 4.50. The van der Waals surface area contributed by atoms with Gasteiger partial charge in [0.1, 0.15) is 22.9 Å². The molecule has 0 saturated heterocycles. The summed E-state index contributed by atoms with van der Waals surface area (Å²) in [6.07, 6.45) is 1.69. The predicted molar refractivity (Wildman–Crippen MR) is 107 cm³/mol. The SMILES string of the molecule is CN=Cc1n[nH]nc1-c1cc(Oc2ccccc2)ccc1-c1ccccc1. The highest BCUT2D eigenvalue weighted by molar-refractivity contribution is 5.92. The van der Waals surface area contributed by atoms with E-state index in [9.17, 15) is 0 Å². The zero-order valence-electron chi connectivity index (χ0n) is 14.8. The van der Waals surface area contributed by atoms with Crippen molar-refractivity contribution >= 4 is 6.21 Å². The van der Waals surface area contributed by atoms with Gasteiger partial charge in [-0.25, -0.2) is 0 Å². The smallest absolute Gasteiger partial charge is 0.131 e. The maximum Gasteiger partial charge on any atom is 0.131 e. The Morgan fingerprint density at radius 2 is 1.56 bits per heavy atom. The number of nitrogens with zero attached hydrogens (tertiary/aromatic N) is 3. The topological polar surface area (TPSA) is 63.2 Å². The van der Waals surface area contributed by atoms with Crippen molar-refractivity contribution in [3.05, 3.63) is 84.6 Å². The van der Waals surface area contributed by atoms with E-state index in [0.717, 1.165) is 33.9 Å². The lowest BCUT2D eigenvalue weighted by molar-refractivity contribution is 0.483. The molecule has 0 bridgehead atoms. The van der Waals surface area contributed by atoms with Crippen LogP contribution in [0.1, 0.15) is 5.69 Å². The van der Waals surface area contributed by atoms with Crippen LogP contribution in [-0.4, -0.2) is 28.7 Å². The van der Waals surface area contributed by atoms with Gasteiger partial charge in [0.25, 0.3) is 0 Å². The van der Waals surface area contributed by atoms with E-state index in [1.165, 1.54) is 0 Å². The highest BCUT2D eigenvalue weighted by Gasteiger charge is 2.15. The molecule has 1 N–H and O–H groups in total. The van der Waals surface area contributed by atoms with Crippen LogP contribution in [0.5, 0.6) is 11.5 Å². The highest BCUT2D eigenvalue weighted by Crippen LogP contribution is 2.36. The van der Waals surface area contributed by atoms with Gasteiger partial charge in [0.05, 0.1) is 6.21 Å². The molecular weight excluding hydrogens is 336 g/mol. The monoisotopic (exact) mass is 354 g/mol. The van der Waals surface area contributed by atoms with Gasteiger partial charge in [0.15, 0.2) is 0 Å². The second kappa shape index (κ2) is 7.66. The average Bonchev–Trinajstić information content (AvgIpc) is 3.18. The van der Waals surface area contributed by atoms with Crippen molar-refractivity contribution < 1.29 is 4.74 Å². The Hall–Kier alpha value is -3.73. The van der Waals surface area contributed by atoms with Gasteiger partial charge in [-0.1, -0.05) is 48.5 Å². The number of aromatic amines is 1. The van der Waals surface area contributed by atoms with Crippen molar-refractivity contribution in [2.45, 2.75) is 0 Å². The molecular formula is C22H18N4O. The van der Waals surface area contributed by atoms with Crippen LogP contribution < -0.4 is 4.74 Å². The lowest BCUT2D eigenvalue weighted by atomic mass is 9.96. The molecule has 1 aromatic heterocycles. The number of H-pyrrole nitrogens is 1. The van der Waals surface area contributed by atoms with Crippen LogP contribution in [0.15, 0.2) is 83.9 Å². The van der Waals surface area contributed by atoms with Crippen molar-refractivity contribution in [2.75, 3.05) is 7.05 Å². The van der Waals surface area contributed by atoms with Crippen LogP contribution in [0.4, 0.5) is 0 Å². The lowest BCUT2D eigenvalue weighted by Crippen LogP contribution is -1.92. The van der Waals surface area contributed by atoms with E-state index in [1.807, 2.05) is 66.7 Å². The minimum absolute atomic E-state index is 0.687. The van der Waals surface area contributed by atoms with Crippen LogP contribution in [0.3, 0.4) is 0 Å². The number of nitrogens with one attached hydrogen (secondary N) is 1. The van der Waals surface area contributed by atoms with Gasteiger partial charge in [-0.05, 0) is 41.5 Å². The Morgan fingerprint density at radius 1 is 0.815 bits per heavy atom. The molecule has 0 atom stereocenters. The minimum Gasteiger partial charge on any atom is -0.457 e. The molecule has 0 aliphatic carbocycles. The van der Waals surface area contributed by atoms with E-state index < -0.39 is 0 Å². The number of aliphatic imine (C=N–C) groups is 1. The van der Waals surface area contributed by atoms with Crippen LogP contribution in [0, 0.1) is 0 Å². The molecule has 0 radical (unpaired) electrons. The number of aromatic nitrogens is 3. The third-order valence-corrected chi connectivity index (χ3v) is 4.14. The normalized spacial score (nSPS) is 11.0. The van der Waals surface area contributed by atoms with Gasteiger partial charge < -0.3 is 4.74 Å². The van der Waals surface area contributed by atoms with E-state index in [4.69, 9.17) is 4.74 Å². The number of ether oxygens (including phenoxy) is 1. The van der Waals surface area contributed by atoms with Gasteiger partial charge in [0, 0.05) is 12.6 Å². The van der Waals surface area contributed by atoms with E-state index in [1.54, 1.807) is 13.3 Å². The molecule has 0 saturated carbocycles. The second-order valence-corrected chi connectivity index (χ2v) is 5.93. The standard InChI is InChI=1S/C22H18N4O/c1-23-15-21-22(25-26-24-21)20-14-18(27-17-10-6-3-7-11-17)12-13-19(20)16-8-4-2-5-9-16/h2-15H,1H3,(H,24,25,26).